The van der Waals surface area contributed by atoms with E-state index in [-0.39, 0.29) is 6.04 Å². The zero-order valence-electron chi connectivity index (χ0n) is 12.6. The van der Waals surface area contributed by atoms with Crippen LogP contribution in [0.25, 0.3) is 0 Å². The maximum Gasteiger partial charge on any atom is 0.264 e. The first-order chi connectivity index (χ1) is 11.1. The van der Waals surface area contributed by atoms with Crippen molar-refractivity contribution in [3.63, 3.8) is 0 Å². The normalized spacial score (nSPS) is 19.9. The second-order valence-electron chi connectivity index (χ2n) is 6.00. The van der Waals surface area contributed by atoms with Crippen LogP contribution in [0.1, 0.15) is 11.1 Å². The number of nitrogens with zero attached hydrogens (tertiary/aromatic N) is 1. The standard InChI is InChI=1S/C17H18N2O3S/c18-14-9-12-3-1-2-4-16(12)19(11-14)23(20,21)15-5-6-17-13(10-15)7-8-22-17/h1-6,10,14H,7-9,11,18H2. The summed E-state index contributed by atoms with van der Waals surface area (Å²) in [6.45, 7) is 0.906. The highest BCUT2D eigenvalue weighted by Gasteiger charge is 2.32. The first-order valence-corrected chi connectivity index (χ1v) is 9.12. The van der Waals surface area contributed by atoms with Crippen molar-refractivity contribution in [2.24, 2.45) is 5.73 Å². The van der Waals surface area contributed by atoms with Crippen LogP contribution < -0.4 is 14.8 Å². The molecule has 0 amide bonds. The number of para-hydroxylation sites is 1. The summed E-state index contributed by atoms with van der Waals surface area (Å²) < 4.78 is 33.1. The average Bonchev–Trinajstić information content (AvgIpc) is 3.01. The summed E-state index contributed by atoms with van der Waals surface area (Å²) in [4.78, 5) is 0.297. The number of fused-ring (bicyclic) bond motifs is 2. The monoisotopic (exact) mass is 330 g/mol. The molecule has 2 aromatic carbocycles. The van der Waals surface area contributed by atoms with Crippen molar-refractivity contribution >= 4 is 15.7 Å². The maximum absolute atomic E-state index is 13.1. The molecule has 23 heavy (non-hydrogen) atoms. The molecule has 1 atom stereocenters. The van der Waals surface area contributed by atoms with Crippen LogP contribution in [0.5, 0.6) is 5.75 Å². The van der Waals surface area contributed by atoms with Crippen LogP contribution in [0.3, 0.4) is 0 Å². The van der Waals surface area contributed by atoms with E-state index in [0.29, 0.717) is 24.5 Å². The molecular formula is C17H18N2O3S. The zero-order valence-corrected chi connectivity index (χ0v) is 13.4. The number of rotatable bonds is 2. The van der Waals surface area contributed by atoms with E-state index in [1.807, 2.05) is 24.3 Å². The molecule has 0 radical (unpaired) electrons. The Balaban J connectivity index is 1.80. The summed E-state index contributed by atoms with van der Waals surface area (Å²) in [5, 5.41) is 0. The van der Waals surface area contributed by atoms with Crippen LogP contribution in [-0.2, 0) is 22.9 Å². The highest BCUT2D eigenvalue weighted by molar-refractivity contribution is 7.92. The molecule has 2 heterocycles. The molecule has 2 aliphatic heterocycles. The Bertz CT molecular complexity index is 864. The molecule has 0 saturated carbocycles. The molecule has 2 aromatic rings. The molecule has 2 N–H and O–H groups in total. The lowest BCUT2D eigenvalue weighted by molar-refractivity contribution is 0.356. The number of anilines is 1. The molecule has 0 spiro atoms. The smallest absolute Gasteiger partial charge is 0.264 e. The predicted molar refractivity (Wildman–Crippen MR) is 88.3 cm³/mol. The van der Waals surface area contributed by atoms with Gasteiger partial charge in [-0.1, -0.05) is 18.2 Å². The van der Waals surface area contributed by atoms with Gasteiger partial charge in [0.25, 0.3) is 10.0 Å². The van der Waals surface area contributed by atoms with E-state index in [0.717, 1.165) is 29.0 Å². The van der Waals surface area contributed by atoms with Gasteiger partial charge in [0.2, 0.25) is 0 Å². The summed E-state index contributed by atoms with van der Waals surface area (Å²) in [5.74, 6) is 0.777. The Kier molecular flexibility index (Phi) is 3.32. The fraction of sp³-hybridized carbons (Fsp3) is 0.294. The third-order valence-electron chi connectivity index (χ3n) is 4.39. The Hall–Kier alpha value is -2.05. The molecule has 2 aliphatic rings. The predicted octanol–water partition coefficient (Wildman–Crippen LogP) is 1.70. The number of hydrogen-bond donors (Lipinski definition) is 1. The number of ether oxygens (including phenoxy) is 1. The highest BCUT2D eigenvalue weighted by atomic mass is 32.2. The quantitative estimate of drug-likeness (QED) is 0.910. The third kappa shape index (κ3) is 2.38. The van der Waals surface area contributed by atoms with Gasteiger partial charge in [-0.05, 0) is 41.8 Å². The number of benzene rings is 2. The average molecular weight is 330 g/mol. The molecule has 6 heteroatoms. The van der Waals surface area contributed by atoms with Gasteiger partial charge < -0.3 is 10.5 Å². The summed E-state index contributed by atoms with van der Waals surface area (Å²) in [5.41, 5.74) is 8.72. The van der Waals surface area contributed by atoms with Gasteiger partial charge in [0, 0.05) is 19.0 Å². The minimum Gasteiger partial charge on any atom is -0.493 e. The minimum atomic E-state index is -3.63. The second-order valence-corrected chi connectivity index (χ2v) is 7.86. The zero-order chi connectivity index (χ0) is 16.0. The van der Waals surface area contributed by atoms with Crippen molar-refractivity contribution in [3.05, 3.63) is 53.6 Å². The van der Waals surface area contributed by atoms with Gasteiger partial charge in [-0.3, -0.25) is 4.31 Å². The second kappa shape index (κ2) is 5.25. The van der Waals surface area contributed by atoms with Gasteiger partial charge in [0.1, 0.15) is 5.75 Å². The van der Waals surface area contributed by atoms with Crippen LogP contribution in [0.4, 0.5) is 5.69 Å². The molecule has 4 rings (SSSR count). The largest absolute Gasteiger partial charge is 0.493 e. The Morgan fingerprint density at radius 3 is 2.83 bits per heavy atom. The van der Waals surface area contributed by atoms with Crippen molar-refractivity contribution in [1.82, 2.24) is 0 Å². The summed E-state index contributed by atoms with van der Waals surface area (Å²) in [6.07, 6.45) is 1.44. The van der Waals surface area contributed by atoms with Crippen molar-refractivity contribution in [2.75, 3.05) is 17.5 Å². The Morgan fingerprint density at radius 2 is 1.96 bits per heavy atom. The molecule has 0 aliphatic carbocycles. The molecule has 0 fully saturated rings. The number of nitrogens with two attached hydrogens (primary N) is 1. The highest BCUT2D eigenvalue weighted by Crippen LogP contribution is 2.34. The summed E-state index contributed by atoms with van der Waals surface area (Å²) in [6, 6.07) is 12.4. The van der Waals surface area contributed by atoms with E-state index in [1.54, 1.807) is 18.2 Å². The number of hydrogen-bond acceptors (Lipinski definition) is 4. The van der Waals surface area contributed by atoms with Crippen molar-refractivity contribution in [3.8, 4) is 5.75 Å². The van der Waals surface area contributed by atoms with Gasteiger partial charge in [-0.15, -0.1) is 0 Å². The van der Waals surface area contributed by atoms with Crippen LogP contribution >= 0.6 is 0 Å². The van der Waals surface area contributed by atoms with Crippen molar-refractivity contribution in [1.29, 1.82) is 0 Å². The maximum atomic E-state index is 13.1. The first kappa shape index (κ1) is 14.5. The molecule has 0 aromatic heterocycles. The van der Waals surface area contributed by atoms with Gasteiger partial charge >= 0.3 is 0 Å². The van der Waals surface area contributed by atoms with E-state index >= 15 is 0 Å². The SMILES string of the molecule is NC1Cc2ccccc2N(S(=O)(=O)c2ccc3c(c2)CCO3)C1. The van der Waals surface area contributed by atoms with E-state index < -0.39 is 10.0 Å². The first-order valence-electron chi connectivity index (χ1n) is 7.67. The summed E-state index contributed by atoms with van der Waals surface area (Å²) in [7, 11) is -3.63. The van der Waals surface area contributed by atoms with Crippen LogP contribution in [0.15, 0.2) is 47.4 Å². The molecule has 1 unspecified atom stereocenters. The van der Waals surface area contributed by atoms with E-state index in [1.165, 1.54) is 4.31 Å². The van der Waals surface area contributed by atoms with E-state index in [4.69, 9.17) is 10.5 Å². The van der Waals surface area contributed by atoms with Crippen molar-refractivity contribution in [2.45, 2.75) is 23.8 Å². The number of sulfonamides is 1. The molecule has 5 nitrogen and oxygen atoms in total. The lowest BCUT2D eigenvalue weighted by Gasteiger charge is -2.33. The fourth-order valence-electron chi connectivity index (χ4n) is 3.26. The molecule has 0 bridgehead atoms. The van der Waals surface area contributed by atoms with Gasteiger partial charge in [-0.2, -0.15) is 0 Å². The van der Waals surface area contributed by atoms with Gasteiger partial charge in [0.15, 0.2) is 0 Å². The lowest BCUT2D eigenvalue weighted by atomic mass is 10.0. The van der Waals surface area contributed by atoms with Crippen LogP contribution in [0, 0.1) is 0 Å². The van der Waals surface area contributed by atoms with E-state index in [9.17, 15) is 8.42 Å². The van der Waals surface area contributed by atoms with Gasteiger partial charge in [-0.25, -0.2) is 8.42 Å². The Labute approximate surface area is 135 Å². The molecule has 0 saturated heterocycles. The van der Waals surface area contributed by atoms with Crippen LogP contribution in [0.2, 0.25) is 0 Å². The summed E-state index contributed by atoms with van der Waals surface area (Å²) >= 11 is 0. The topological polar surface area (TPSA) is 72.6 Å². The van der Waals surface area contributed by atoms with Crippen LogP contribution in [-0.4, -0.2) is 27.6 Å². The van der Waals surface area contributed by atoms with Crippen molar-refractivity contribution < 1.29 is 13.2 Å². The minimum absolute atomic E-state index is 0.197. The lowest BCUT2D eigenvalue weighted by Crippen LogP contribution is -2.46. The Morgan fingerprint density at radius 1 is 1.13 bits per heavy atom. The van der Waals surface area contributed by atoms with E-state index in [2.05, 4.69) is 0 Å². The molecular weight excluding hydrogens is 312 g/mol. The van der Waals surface area contributed by atoms with Gasteiger partial charge in [0.05, 0.1) is 17.2 Å². The third-order valence-corrected chi connectivity index (χ3v) is 6.17. The fourth-order valence-corrected chi connectivity index (χ4v) is 4.87. The molecule has 120 valence electrons.